The number of nitrogens with zero attached hydrogens (tertiary/aromatic N) is 5. The predicted octanol–water partition coefficient (Wildman–Crippen LogP) is 13.2. The fourth-order valence-electron chi connectivity index (χ4n) is 14.3. The van der Waals surface area contributed by atoms with E-state index in [1.54, 1.807) is 101 Å². The van der Waals surface area contributed by atoms with Crippen molar-refractivity contribution >= 4 is 242 Å². The molecule has 10 aromatic rings. The van der Waals surface area contributed by atoms with Crippen LogP contribution in [0, 0.1) is 0 Å². The maximum atomic E-state index is 13.7. The number of aryl methyl sites for hydroxylation is 3. The first-order valence-corrected chi connectivity index (χ1v) is 55.4. The third-order valence-electron chi connectivity index (χ3n) is 20.1. The van der Waals surface area contributed by atoms with Crippen molar-refractivity contribution in [1.29, 1.82) is 0 Å². The number of para-hydroxylation sites is 2. The number of anilines is 6. The Labute approximate surface area is 768 Å². The molecule has 0 aliphatic carbocycles. The van der Waals surface area contributed by atoms with E-state index in [1.807, 2.05) is 136 Å². The molecular formula is C85H89N9Na2O20S8. The van der Waals surface area contributed by atoms with Gasteiger partial charge in [-0.05, 0) is 163 Å². The van der Waals surface area contributed by atoms with Crippen LogP contribution in [0.15, 0.2) is 151 Å². The number of nitrogens with one attached hydrogen (secondary N) is 4. The predicted molar refractivity (Wildman–Crippen MR) is 490 cm³/mol. The number of benzene rings is 6. The summed E-state index contributed by atoms with van der Waals surface area (Å²) in [4.78, 5) is 115. The van der Waals surface area contributed by atoms with Gasteiger partial charge in [0, 0.05) is 147 Å². The number of rotatable bonds is 28. The van der Waals surface area contributed by atoms with Crippen LogP contribution >= 0.6 is 47.9 Å². The summed E-state index contributed by atoms with van der Waals surface area (Å²) >= 11 is 15.1. The Morgan fingerprint density at radius 1 is 0.524 bits per heavy atom. The summed E-state index contributed by atoms with van der Waals surface area (Å²) in [7, 11) is -5.39. The van der Waals surface area contributed by atoms with Crippen molar-refractivity contribution in [1.82, 2.24) is 9.13 Å². The van der Waals surface area contributed by atoms with E-state index in [0.29, 0.717) is 119 Å². The van der Waals surface area contributed by atoms with E-state index in [0.717, 1.165) is 84.5 Å². The van der Waals surface area contributed by atoms with E-state index in [4.69, 9.17) is 31.6 Å². The fraction of sp³-hybridized carbons (Fsp3) is 0.329. The molecule has 0 saturated heterocycles. The molecule has 2 atom stereocenters. The van der Waals surface area contributed by atoms with Gasteiger partial charge in [-0.15, -0.1) is 35.3 Å². The van der Waals surface area contributed by atoms with Crippen LogP contribution in [0.3, 0.4) is 0 Å². The number of Topliss-reactive ketones (excluding diaryl/α,β-unsaturated/α-hetero) is 2. The van der Waals surface area contributed by atoms with Crippen molar-refractivity contribution in [3.05, 3.63) is 195 Å². The number of fused-ring (bicyclic) bond motifs is 10. The zero-order valence-corrected chi connectivity index (χ0v) is 80.3. The maximum absolute atomic E-state index is 13.7. The van der Waals surface area contributed by atoms with E-state index >= 15 is 0 Å². The first-order valence-electron chi connectivity index (χ1n) is 39.5. The van der Waals surface area contributed by atoms with Crippen molar-refractivity contribution in [3.63, 3.8) is 0 Å². The second-order valence-electron chi connectivity index (χ2n) is 30.4. The van der Waals surface area contributed by atoms with Gasteiger partial charge in [0.2, 0.25) is 19.7 Å². The van der Waals surface area contributed by atoms with E-state index in [1.165, 1.54) is 56.3 Å². The van der Waals surface area contributed by atoms with Crippen molar-refractivity contribution in [2.24, 2.45) is 19.1 Å². The molecule has 6 amide bonds. The first-order chi connectivity index (χ1) is 59.0. The average Bonchev–Trinajstić information content (AvgIpc) is 1.61. The molecule has 39 heteroatoms. The third-order valence-corrected chi connectivity index (χ3v) is 26.5. The zero-order valence-electron chi connectivity index (χ0n) is 69.6. The zero-order chi connectivity index (χ0) is 90.0. The molecule has 124 heavy (non-hydrogen) atoms. The quantitative estimate of drug-likeness (QED) is 0.0151. The number of carbonyl (C=O) groups excluding carboxylic acids is 8. The van der Waals surface area contributed by atoms with Gasteiger partial charge >= 0.3 is 72.8 Å². The number of amides is 6. The van der Waals surface area contributed by atoms with Crippen LogP contribution in [-0.2, 0) is 102 Å². The van der Waals surface area contributed by atoms with Crippen LogP contribution in [-0.4, -0.2) is 189 Å². The molecule has 0 spiro atoms. The van der Waals surface area contributed by atoms with Gasteiger partial charge in [0.25, 0.3) is 23.6 Å². The van der Waals surface area contributed by atoms with Crippen LogP contribution in [0.4, 0.5) is 39.8 Å². The molecule has 0 unspecified atom stereocenters. The van der Waals surface area contributed by atoms with Crippen molar-refractivity contribution < 1.29 is 91.0 Å². The number of carbonyl (C=O) groups is 8. The average molecular weight is 1860 g/mol. The molecule has 14 rings (SSSR count). The summed E-state index contributed by atoms with van der Waals surface area (Å²) < 4.78 is 101. The number of aromatic nitrogens is 2. The monoisotopic (exact) mass is 1860 g/mol. The molecule has 4 aromatic heterocycles. The molecule has 0 radical (unpaired) electrons. The number of thiophene rings is 2. The van der Waals surface area contributed by atoms with Crippen LogP contribution in [0.2, 0.25) is 0 Å². The molecule has 8 heterocycles. The Morgan fingerprint density at radius 3 is 1.43 bits per heavy atom. The molecular weight excluding hydrogens is 1770 g/mol. The van der Waals surface area contributed by atoms with E-state index in [9.17, 15) is 59.4 Å². The Kier molecular flexibility index (Phi) is 34.7. The summed E-state index contributed by atoms with van der Waals surface area (Å²) in [5.41, 5.74) is 9.74. The van der Waals surface area contributed by atoms with Crippen molar-refractivity contribution in [2.45, 2.75) is 139 Å². The van der Waals surface area contributed by atoms with Crippen LogP contribution in [0.1, 0.15) is 154 Å². The van der Waals surface area contributed by atoms with E-state index in [-0.39, 0.29) is 94.6 Å². The van der Waals surface area contributed by atoms with Gasteiger partial charge < -0.3 is 54.2 Å². The van der Waals surface area contributed by atoms with Gasteiger partial charge in [0.05, 0.1) is 56.1 Å². The fourth-order valence-corrected chi connectivity index (χ4v) is 17.8. The minimum atomic E-state index is -3.11. The number of aliphatic imine (C=N–C) groups is 1. The van der Waals surface area contributed by atoms with Gasteiger partial charge in [-0.2, -0.15) is 46.3 Å². The van der Waals surface area contributed by atoms with Crippen molar-refractivity contribution in [2.75, 3.05) is 58.5 Å². The molecule has 0 bridgehead atoms. The standard InChI is InChI=1S/C43H46N4O6S2.C42H43N5O6S2.2Na.O5S3.O3S/c1-43(2,54)16-15-32(48)23-33-20-28-18-29(12-14-39(28)55-33)45-41(50)36-22-30(25-46(36)3)44-40(49)10-7-17-53-38-21-26-11-13-31-19-27-8-5-6-9-35(27)47(31)42(51)34(26)24-37(38)52-4;1-42(2,54)14-13-30(48)20-31-18-26-16-27(11-12-38(26)55-31)45-40(50)35-19-28(24-46(35)3)44-39(49)10-7-15-53-37-22-33-32(21-36(37)52-4)41(51)47-29(23-43-33)17-25-8-5-6-9-34(25)47;;;1-6(2)8(5)7(3)4;1-4(2)3/h5-6,8-9,12,14,18,20-22,24-25,31,54H,7,10-11,13,15-17,19,23H2,1-4H3,(H,44,49)(H,45,50);5-6,8-9,11-12,16,18-19,21-24,29,54H,7,10,13-15,17,20H2,1-4H3,(H,44,49)(H,45,50);;;;/t31-;29-;;;;/m10..../s1. The van der Waals surface area contributed by atoms with Gasteiger partial charge in [-0.25, -0.2) is 0 Å². The second-order valence-corrected chi connectivity index (χ2v) is 40.9. The summed E-state index contributed by atoms with van der Waals surface area (Å²) in [6.45, 7) is 8.53. The number of methoxy groups -OCH3 is 2. The van der Waals surface area contributed by atoms with Gasteiger partial charge in [0.1, 0.15) is 23.0 Å². The summed E-state index contributed by atoms with van der Waals surface area (Å²) in [6, 6.07) is 41.7. The topological polar surface area (TPSA) is 387 Å². The Morgan fingerprint density at radius 2 is 0.968 bits per heavy atom. The summed E-state index contributed by atoms with van der Waals surface area (Å²) in [6.07, 6.45) is 12.8. The molecule has 4 aliphatic rings. The Bertz CT molecular complexity index is 6290. The normalized spacial score (nSPS) is 13.9. The van der Waals surface area contributed by atoms with E-state index < -0.39 is 37.1 Å². The van der Waals surface area contributed by atoms with Crippen LogP contribution in [0.5, 0.6) is 23.0 Å². The molecule has 4 N–H and O–H groups in total. The van der Waals surface area contributed by atoms with Gasteiger partial charge in [0.15, 0.2) is 23.0 Å². The van der Waals surface area contributed by atoms with Crippen LogP contribution < -0.4 is 50.0 Å². The molecule has 0 saturated carbocycles. The second kappa shape index (κ2) is 44.3. The number of hydrogen-bond donors (Lipinski definition) is 6. The van der Waals surface area contributed by atoms with Gasteiger partial charge in [-0.1, -0.05) is 64.1 Å². The molecule has 644 valence electrons. The first kappa shape index (κ1) is 97.0. The summed E-state index contributed by atoms with van der Waals surface area (Å²) in [5, 5.41) is 13.6. The molecule has 6 aromatic carbocycles. The Balaban J connectivity index is 0.000000225. The molecule has 0 fully saturated rings. The number of ether oxygens (including phenoxy) is 4. The third kappa shape index (κ3) is 26.5. The Hall–Kier alpha value is -9.19. The van der Waals surface area contributed by atoms with Crippen molar-refractivity contribution in [3.8, 4) is 23.0 Å². The molecule has 4 aliphatic heterocycles. The number of ketones is 2. The SMILES string of the molecule is COc1cc2c(cc1OCCCC(=O)Nc1cc(C(=O)Nc3ccc4sc(CC(=O)CCC(C)(C)S)cc4c3)n(C)c1)CC[C@@H]1Cc3ccccc3N1C2=O.COc1cc2c(cc1OCCCC(=O)Nc1cc(C(=O)Nc3ccc4sc(CC(=O)CCC(C)(C)S)cc4c3)n(C)c1)N=C[C@@H]1Cc3ccccc3N1C2=O.O=S(=O)=O.O=S(=O)=S(=O)=S(=O)=O.[Na][Na]. The molecule has 29 nitrogen and oxygen atoms in total. The van der Waals surface area contributed by atoms with Crippen LogP contribution in [0.25, 0.3) is 20.2 Å². The summed E-state index contributed by atoms with van der Waals surface area (Å²) in [5.74, 6) is 1.03. The van der Waals surface area contributed by atoms with Gasteiger partial charge in [-0.3, -0.25) is 48.2 Å². The minimum absolute atomic E-state index is 0.0190. The number of thiol groups is 2. The number of hydrogen-bond acceptors (Lipinski definition) is 25. The van der Waals surface area contributed by atoms with E-state index in [2.05, 4.69) is 57.6 Å².